The first-order valence-electron chi connectivity index (χ1n) is 6.60. The zero-order valence-electron chi connectivity index (χ0n) is 11.3. The second kappa shape index (κ2) is 6.04. The van der Waals surface area contributed by atoms with Crippen molar-refractivity contribution in [3.05, 3.63) is 30.1 Å². The van der Waals surface area contributed by atoms with E-state index in [-0.39, 0.29) is 0 Å². The maximum Gasteiger partial charge on any atom is 0.0471 e. The summed E-state index contributed by atoms with van der Waals surface area (Å²) in [7, 11) is 0. The van der Waals surface area contributed by atoms with Crippen molar-refractivity contribution < 1.29 is 0 Å². The highest BCUT2D eigenvalue weighted by Gasteiger charge is 2.27. The van der Waals surface area contributed by atoms with Gasteiger partial charge in [0.05, 0.1) is 0 Å². The fourth-order valence-corrected chi connectivity index (χ4v) is 3.54. The van der Waals surface area contributed by atoms with Gasteiger partial charge in [-0.2, -0.15) is 11.8 Å². The Morgan fingerprint density at radius 3 is 2.78 bits per heavy atom. The molecule has 2 rings (SSSR count). The fourth-order valence-electron chi connectivity index (χ4n) is 2.43. The van der Waals surface area contributed by atoms with Crippen molar-refractivity contribution in [1.29, 1.82) is 0 Å². The monoisotopic (exact) mass is 265 g/mol. The van der Waals surface area contributed by atoms with Crippen LogP contribution in [0.15, 0.2) is 24.5 Å². The summed E-state index contributed by atoms with van der Waals surface area (Å²) in [6.45, 7) is 7.60. The molecule has 0 radical (unpaired) electrons. The Morgan fingerprint density at radius 1 is 1.39 bits per heavy atom. The molecule has 0 saturated carbocycles. The molecule has 18 heavy (non-hydrogen) atoms. The first-order chi connectivity index (χ1) is 8.62. The number of rotatable bonds is 3. The van der Waals surface area contributed by atoms with Crippen molar-refractivity contribution in [2.75, 3.05) is 25.4 Å². The Kier molecular flexibility index (Phi) is 4.65. The number of aromatic nitrogens is 1. The van der Waals surface area contributed by atoms with Crippen LogP contribution in [0.2, 0.25) is 0 Å². The maximum atomic E-state index is 5.99. The summed E-state index contributed by atoms with van der Waals surface area (Å²) in [5.74, 6) is 1.19. The third kappa shape index (κ3) is 3.46. The van der Waals surface area contributed by atoms with Gasteiger partial charge < -0.3 is 5.73 Å². The Labute approximate surface area is 114 Å². The summed E-state index contributed by atoms with van der Waals surface area (Å²) < 4.78 is 0.395. The van der Waals surface area contributed by atoms with Gasteiger partial charge >= 0.3 is 0 Å². The van der Waals surface area contributed by atoms with Gasteiger partial charge in [-0.05, 0) is 24.1 Å². The highest BCUT2D eigenvalue weighted by Crippen LogP contribution is 2.33. The summed E-state index contributed by atoms with van der Waals surface area (Å²) >= 11 is 2.07. The van der Waals surface area contributed by atoms with Gasteiger partial charge in [0.1, 0.15) is 0 Å². The van der Waals surface area contributed by atoms with Gasteiger partial charge in [0.15, 0.2) is 0 Å². The van der Waals surface area contributed by atoms with E-state index in [1.165, 1.54) is 17.7 Å². The average molecular weight is 265 g/mol. The Balaban J connectivity index is 2.09. The highest BCUT2D eigenvalue weighted by atomic mass is 32.2. The first-order valence-corrected chi connectivity index (χ1v) is 7.59. The zero-order valence-corrected chi connectivity index (χ0v) is 12.1. The first kappa shape index (κ1) is 13.8. The summed E-state index contributed by atoms with van der Waals surface area (Å²) in [6, 6.07) is 4.50. The average Bonchev–Trinajstić information content (AvgIpc) is 2.54. The van der Waals surface area contributed by atoms with Crippen LogP contribution in [0.4, 0.5) is 0 Å². The molecule has 0 aromatic carbocycles. The van der Waals surface area contributed by atoms with Crippen molar-refractivity contribution in [3.63, 3.8) is 0 Å². The van der Waals surface area contributed by atoms with Crippen LogP contribution < -0.4 is 5.73 Å². The number of nitrogens with two attached hydrogens (primary N) is 1. The molecule has 0 spiro atoms. The molecule has 1 aromatic heterocycles. The van der Waals surface area contributed by atoms with E-state index in [0.717, 1.165) is 13.1 Å². The second-order valence-corrected chi connectivity index (χ2v) is 7.23. The molecule has 0 aliphatic carbocycles. The molecule has 1 aliphatic rings. The third-order valence-electron chi connectivity index (χ3n) is 3.63. The largest absolute Gasteiger partial charge is 0.329 e. The van der Waals surface area contributed by atoms with Gasteiger partial charge in [-0.3, -0.25) is 9.88 Å². The van der Waals surface area contributed by atoms with E-state index >= 15 is 0 Å². The van der Waals surface area contributed by atoms with E-state index in [2.05, 4.69) is 47.6 Å². The number of thioether (sulfide) groups is 1. The number of pyridine rings is 1. The minimum atomic E-state index is 0.336. The van der Waals surface area contributed by atoms with Crippen LogP contribution in [0.25, 0.3) is 0 Å². The van der Waals surface area contributed by atoms with Crippen LogP contribution in [-0.2, 0) is 0 Å². The van der Waals surface area contributed by atoms with Crippen molar-refractivity contribution in [1.82, 2.24) is 9.88 Å². The lowest BCUT2D eigenvalue weighted by atomic mass is 10.0. The highest BCUT2D eigenvalue weighted by molar-refractivity contribution is 8.00. The number of hydrogen-bond donors (Lipinski definition) is 1. The molecule has 1 fully saturated rings. The molecular weight excluding hydrogens is 242 g/mol. The topological polar surface area (TPSA) is 42.1 Å². The lowest BCUT2D eigenvalue weighted by molar-refractivity contribution is 0.211. The lowest BCUT2D eigenvalue weighted by Gasteiger charge is -2.30. The van der Waals surface area contributed by atoms with Crippen LogP contribution >= 0.6 is 11.8 Å². The quantitative estimate of drug-likeness (QED) is 0.910. The van der Waals surface area contributed by atoms with Gasteiger partial charge in [0.2, 0.25) is 0 Å². The molecule has 1 aromatic rings. The van der Waals surface area contributed by atoms with Crippen LogP contribution in [0.3, 0.4) is 0 Å². The fraction of sp³-hybridized carbons (Fsp3) is 0.643. The van der Waals surface area contributed by atoms with E-state index < -0.39 is 0 Å². The van der Waals surface area contributed by atoms with Crippen LogP contribution in [0, 0.1) is 0 Å². The third-order valence-corrected chi connectivity index (χ3v) is 5.00. The molecule has 0 amide bonds. The Bertz CT molecular complexity index is 367. The molecular formula is C14H23N3S. The normalized spacial score (nSPS) is 22.4. The SMILES string of the molecule is CC1(C)CCN(C(CN)c2ccncc2)CCS1. The van der Waals surface area contributed by atoms with E-state index in [1.54, 1.807) is 0 Å². The van der Waals surface area contributed by atoms with Gasteiger partial charge in [-0.1, -0.05) is 13.8 Å². The van der Waals surface area contributed by atoms with E-state index in [9.17, 15) is 0 Å². The van der Waals surface area contributed by atoms with Crippen molar-refractivity contribution in [3.8, 4) is 0 Å². The van der Waals surface area contributed by atoms with Gasteiger partial charge in [0.25, 0.3) is 0 Å². The molecule has 1 unspecified atom stereocenters. The molecule has 0 bridgehead atoms. The molecule has 1 atom stereocenters. The molecule has 1 saturated heterocycles. The van der Waals surface area contributed by atoms with Crippen molar-refractivity contribution in [2.45, 2.75) is 31.1 Å². The van der Waals surface area contributed by atoms with Gasteiger partial charge in [0, 0.05) is 48.6 Å². The number of nitrogens with zero attached hydrogens (tertiary/aromatic N) is 2. The molecule has 100 valence electrons. The lowest BCUT2D eigenvalue weighted by Crippen LogP contribution is -2.35. The van der Waals surface area contributed by atoms with Crippen molar-refractivity contribution in [2.24, 2.45) is 5.73 Å². The molecule has 2 heterocycles. The minimum Gasteiger partial charge on any atom is -0.329 e. The predicted molar refractivity (Wildman–Crippen MR) is 78.8 cm³/mol. The van der Waals surface area contributed by atoms with Crippen LogP contribution in [0.5, 0.6) is 0 Å². The maximum absolute atomic E-state index is 5.99. The zero-order chi connectivity index (χ0) is 13.0. The van der Waals surface area contributed by atoms with Gasteiger partial charge in [-0.25, -0.2) is 0 Å². The molecule has 3 nitrogen and oxygen atoms in total. The summed E-state index contributed by atoms with van der Waals surface area (Å²) in [5.41, 5.74) is 7.27. The predicted octanol–water partition coefficient (Wildman–Crippen LogP) is 2.30. The van der Waals surface area contributed by atoms with E-state index in [0.29, 0.717) is 17.3 Å². The minimum absolute atomic E-state index is 0.336. The summed E-state index contributed by atoms with van der Waals surface area (Å²) in [6.07, 6.45) is 4.93. The smallest absolute Gasteiger partial charge is 0.0471 e. The number of hydrogen-bond acceptors (Lipinski definition) is 4. The second-order valence-electron chi connectivity index (χ2n) is 5.43. The van der Waals surface area contributed by atoms with Gasteiger partial charge in [-0.15, -0.1) is 0 Å². The molecule has 4 heteroatoms. The van der Waals surface area contributed by atoms with Crippen LogP contribution in [-0.4, -0.2) is 40.0 Å². The van der Waals surface area contributed by atoms with E-state index in [1.807, 2.05) is 12.4 Å². The summed E-state index contributed by atoms with van der Waals surface area (Å²) in [5, 5.41) is 0. The Morgan fingerprint density at radius 2 is 2.11 bits per heavy atom. The molecule has 1 aliphatic heterocycles. The van der Waals surface area contributed by atoms with Crippen molar-refractivity contribution >= 4 is 11.8 Å². The molecule has 2 N–H and O–H groups in total. The Hall–Kier alpha value is -0.580. The summed E-state index contributed by atoms with van der Waals surface area (Å²) in [4.78, 5) is 6.61. The standard InChI is InChI=1S/C14H23N3S/c1-14(2)5-8-17(9-10-18-14)13(11-15)12-3-6-16-7-4-12/h3-4,6-7,13H,5,8-11,15H2,1-2H3. The van der Waals surface area contributed by atoms with Crippen LogP contribution in [0.1, 0.15) is 31.9 Å². The van der Waals surface area contributed by atoms with E-state index in [4.69, 9.17) is 5.73 Å².